The summed E-state index contributed by atoms with van der Waals surface area (Å²) in [5.74, 6) is 2.44. The number of carbonyl (C=O) groups is 7. The Morgan fingerprint density at radius 1 is 0.461 bits per heavy atom. The highest BCUT2D eigenvalue weighted by molar-refractivity contribution is 7.99. The van der Waals surface area contributed by atoms with Gasteiger partial charge in [0.25, 0.3) is 0 Å². The van der Waals surface area contributed by atoms with E-state index in [0.29, 0.717) is 23.4 Å². The van der Waals surface area contributed by atoms with Crippen LogP contribution in [0.25, 0.3) is 0 Å². The lowest BCUT2D eigenvalue weighted by Gasteiger charge is -2.30. The fourth-order valence-electron chi connectivity index (χ4n) is 15.6. The molecule has 7 atom stereocenters. The van der Waals surface area contributed by atoms with Gasteiger partial charge in [-0.1, -0.05) is 128 Å². The number of nitrogens with zero attached hydrogens (tertiary/aromatic N) is 1. The van der Waals surface area contributed by atoms with Crippen molar-refractivity contribution in [1.29, 1.82) is 0 Å². The zero-order chi connectivity index (χ0) is 84.9. The number of likely N-dealkylation sites (tertiary alicyclic amines) is 1. The van der Waals surface area contributed by atoms with Crippen LogP contribution in [0.3, 0.4) is 0 Å². The van der Waals surface area contributed by atoms with Crippen molar-refractivity contribution >= 4 is 99.2 Å². The first-order valence-electron chi connectivity index (χ1n) is 39.9. The number of carboxylic acids is 1. The van der Waals surface area contributed by atoms with E-state index in [-0.39, 0.29) is 41.2 Å². The molecule has 7 aromatic rings. The van der Waals surface area contributed by atoms with Gasteiger partial charge in [-0.05, 0) is 304 Å². The minimum Gasteiger partial charge on any atom is -0.478 e. The van der Waals surface area contributed by atoms with Gasteiger partial charge in [0.15, 0.2) is 39.7 Å². The van der Waals surface area contributed by atoms with Crippen LogP contribution in [0.2, 0.25) is 0 Å². The van der Waals surface area contributed by atoms with Gasteiger partial charge in [0.2, 0.25) is 0 Å². The molecule has 7 aromatic carbocycles. The third-order valence-corrected chi connectivity index (χ3v) is 24.0. The molecule has 3 fully saturated rings. The number of ether oxygens (including phenoxy) is 6. The Labute approximate surface area is 706 Å². The van der Waals surface area contributed by atoms with Crippen LogP contribution in [-0.2, 0) is 54.4 Å². The van der Waals surface area contributed by atoms with Crippen LogP contribution < -0.4 is 14.2 Å². The number of carboxylic acid groups (broad SMARTS) is 1. The Morgan fingerprint density at radius 2 is 0.800 bits per heavy atom. The molecule has 0 spiro atoms. The average molecular weight is 1670 g/mol. The average Bonchev–Trinajstić information content (AvgIpc) is 1.62. The number of aryl methyl sites for hydroxylation is 9. The minimum absolute atomic E-state index is 0.0386. The van der Waals surface area contributed by atoms with E-state index in [4.69, 9.17) is 46.9 Å². The predicted octanol–water partition coefficient (Wildman–Crippen LogP) is 23.1. The van der Waals surface area contributed by atoms with Crippen molar-refractivity contribution in [3.05, 3.63) is 212 Å². The molecule has 20 heteroatoms. The number of carbonyl (C=O) groups excluding carboxylic acids is 6. The number of methoxy groups -OCH3 is 1. The first-order valence-corrected chi connectivity index (χ1v) is 44.4. The Kier molecular flexibility index (Phi) is 35.5. The third-order valence-electron chi connectivity index (χ3n) is 21.6. The highest BCUT2D eigenvalue weighted by Crippen LogP contribution is 2.42. The van der Waals surface area contributed by atoms with Gasteiger partial charge in [0, 0.05) is 80.4 Å². The van der Waals surface area contributed by atoms with Gasteiger partial charge in [-0.25, -0.2) is 19.2 Å². The van der Waals surface area contributed by atoms with Crippen LogP contribution >= 0.6 is 58.5 Å². The summed E-state index contributed by atoms with van der Waals surface area (Å²) in [5, 5.41) is 9.37. The molecular weight excluding hydrogens is 1550 g/mol. The zero-order valence-electron chi connectivity index (χ0n) is 71.1. The molecule has 3 aliphatic rings. The van der Waals surface area contributed by atoms with Crippen LogP contribution in [0, 0.1) is 77.0 Å². The smallest absolute Gasteiger partial charge is 0.405 e. The zero-order valence-corrected chi connectivity index (χ0v) is 75.1. The van der Waals surface area contributed by atoms with Crippen molar-refractivity contribution in [1.82, 2.24) is 4.90 Å². The third kappa shape index (κ3) is 28.0. The second kappa shape index (κ2) is 43.2. The van der Waals surface area contributed by atoms with Gasteiger partial charge in [-0.3, -0.25) is 19.3 Å². The van der Waals surface area contributed by atoms with Gasteiger partial charge < -0.3 is 33.5 Å². The quantitative estimate of drug-likeness (QED) is 0.0111. The van der Waals surface area contributed by atoms with Gasteiger partial charge in [0.1, 0.15) is 22.8 Å². The Morgan fingerprint density at radius 3 is 1.11 bits per heavy atom. The summed E-state index contributed by atoms with van der Waals surface area (Å²) in [7, 11) is 1.37. The van der Waals surface area contributed by atoms with Gasteiger partial charge in [-0.15, -0.1) is 35.3 Å². The molecule has 2 aliphatic carbocycles. The monoisotopic (exact) mass is 1670 g/mol. The first kappa shape index (κ1) is 94.6. The van der Waals surface area contributed by atoms with E-state index in [1.54, 1.807) is 76.8 Å². The maximum Gasteiger partial charge on any atom is 0.405 e. The number of hydrogen-bond acceptors (Lipinski definition) is 17. The van der Waals surface area contributed by atoms with Crippen molar-refractivity contribution in [2.45, 2.75) is 237 Å². The first-order chi connectivity index (χ1) is 54.2. The molecule has 1 heterocycles. The summed E-state index contributed by atoms with van der Waals surface area (Å²) in [4.78, 5) is 92.0. The van der Waals surface area contributed by atoms with E-state index in [9.17, 15) is 38.7 Å². The maximum absolute atomic E-state index is 13.8. The van der Waals surface area contributed by atoms with Gasteiger partial charge >= 0.3 is 23.3 Å². The molecule has 115 heavy (non-hydrogen) atoms. The van der Waals surface area contributed by atoms with Crippen molar-refractivity contribution < 1.29 is 67.1 Å². The lowest BCUT2D eigenvalue weighted by atomic mass is 9.84. The number of hydrogen-bond donors (Lipinski definition) is 1. The Hall–Kier alpha value is -7.58. The second-order valence-corrected chi connectivity index (χ2v) is 36.8. The summed E-state index contributed by atoms with van der Waals surface area (Å²) in [6, 6.07) is 47.4. The number of ketones is 3. The molecule has 1 N–H and O–H groups in total. The van der Waals surface area contributed by atoms with Crippen LogP contribution in [0.1, 0.15) is 214 Å². The van der Waals surface area contributed by atoms with Crippen LogP contribution in [0.15, 0.2) is 154 Å². The minimum atomic E-state index is -1.28. The van der Waals surface area contributed by atoms with Crippen LogP contribution in [0.4, 0.5) is 4.79 Å². The molecule has 0 radical (unpaired) electrons. The largest absolute Gasteiger partial charge is 0.478 e. The lowest BCUT2D eigenvalue weighted by Crippen LogP contribution is -2.43. The molecule has 1 saturated heterocycles. The molecule has 0 bridgehead atoms. The van der Waals surface area contributed by atoms with Crippen molar-refractivity contribution in [3.8, 4) is 17.2 Å². The maximum atomic E-state index is 13.8. The standard InChI is InChI=1S/C37H47NO4S.C28H36O4S.C27H34O4S.C3H4Cl2O2/c1-25-20-28(21-26(2)34(25)41-37(6,7)35(40)42-36(3,4)5)14-15-30-23-38(22-27-12-10-9-11-13-27)24-32(30)33(39)29-16-18-31(43-8)19-17-29;1-18-16-20(17-19(2)26(18)32-28(3,4)27(30)31-5)10-11-21-8-7-9-24(21)25(29)22-12-14-23(33-6)15-13-22;1-17-15-19(16-18(2)25(17)31-27(3,4)26(29)30)9-10-20-7-6-8-23(20)24(28)21-11-13-22(32-5)14-12-21;1-2(4)7-3(5)6/h9-13,16-21,30,32H,14-15,22-24H2,1-8H3;12-17,21,24H,7-11H2,1-6H3;11-16,20,23H,6-10H2,1-5H3,(H,29,30);2H,1H3/t30-,32-;21-,24+;20-,23+;/m011./s1. The van der Waals surface area contributed by atoms with Crippen LogP contribution in [0.5, 0.6) is 17.2 Å². The van der Waals surface area contributed by atoms with E-state index in [0.717, 1.165) is 163 Å². The van der Waals surface area contributed by atoms with E-state index in [1.807, 2.05) is 154 Å². The van der Waals surface area contributed by atoms with Crippen LogP contribution in [-0.4, -0.2) is 118 Å². The number of halogens is 2. The molecule has 622 valence electrons. The molecule has 0 aromatic heterocycles. The van der Waals surface area contributed by atoms with Crippen molar-refractivity contribution in [3.63, 3.8) is 0 Å². The van der Waals surface area contributed by atoms with Crippen molar-refractivity contribution in [2.24, 2.45) is 35.5 Å². The fraction of sp³-hybridized carbons (Fsp3) is 0.484. The molecule has 2 saturated carbocycles. The highest BCUT2D eigenvalue weighted by atomic mass is 35.5. The highest BCUT2D eigenvalue weighted by Gasteiger charge is 2.41. The van der Waals surface area contributed by atoms with E-state index in [1.165, 1.54) is 46.1 Å². The Bertz CT molecular complexity index is 4370. The molecular formula is C95H121Cl2NO14S3. The summed E-state index contributed by atoms with van der Waals surface area (Å²) in [6.45, 7) is 31.7. The molecule has 15 nitrogen and oxygen atoms in total. The topological polar surface area (TPSA) is 198 Å². The van der Waals surface area contributed by atoms with E-state index in [2.05, 4.69) is 76.6 Å². The normalized spacial score (nSPS) is 17.8. The fourth-order valence-corrected chi connectivity index (χ4v) is 17.1. The number of benzene rings is 7. The summed E-state index contributed by atoms with van der Waals surface area (Å²) < 4.78 is 32.7. The number of thioether (sulfide) groups is 3. The SMILES string of the molecule is CC(Cl)OC(=O)Cl.COC(=O)C(C)(C)Oc1c(C)cc(CC[C@H]2CCC[C@@H]2C(=O)c2ccc(SC)cc2)cc1C.CSc1ccc(C(=O)[C@H]2CCC[C@@H]2CCc2cc(C)c(OC(C)(C)C(=O)O)c(C)c2)cc1.CSc1ccc(C(=O)[C@H]2CN(Cc3ccccc3)C[C@@H]2CCc2cc(C)c(OC(C)(C)C(=O)OC(C)(C)C)c(C)c2)cc1. The summed E-state index contributed by atoms with van der Waals surface area (Å²) in [5.41, 5.74) is 7.78. The van der Waals surface area contributed by atoms with E-state index < -0.39 is 45.3 Å². The second-order valence-electron chi connectivity index (χ2n) is 33.2. The van der Waals surface area contributed by atoms with Gasteiger partial charge in [0.05, 0.1) is 7.11 Å². The summed E-state index contributed by atoms with van der Waals surface area (Å²) >= 11 is 14.9. The summed E-state index contributed by atoms with van der Waals surface area (Å²) in [6.07, 6.45) is 18.2. The van der Waals surface area contributed by atoms with E-state index >= 15 is 0 Å². The Balaban J connectivity index is 0.000000232. The number of Topliss-reactive ketones (excluding diaryl/α,β-unsaturated/α-hetero) is 3. The number of esters is 2. The number of alkyl halides is 1. The molecule has 10 rings (SSSR count). The molecule has 1 unspecified atom stereocenters. The predicted molar refractivity (Wildman–Crippen MR) is 468 cm³/mol. The van der Waals surface area contributed by atoms with Crippen molar-refractivity contribution in [2.75, 3.05) is 39.0 Å². The lowest BCUT2D eigenvalue weighted by molar-refractivity contribution is -0.171. The molecule has 0 amide bonds. The number of aliphatic carboxylic acids is 1. The van der Waals surface area contributed by atoms with Gasteiger partial charge in [-0.2, -0.15) is 0 Å². The molecule has 1 aliphatic heterocycles. The number of rotatable bonds is 30.